The van der Waals surface area contributed by atoms with Crippen molar-refractivity contribution in [2.24, 2.45) is 5.73 Å². The van der Waals surface area contributed by atoms with Crippen molar-refractivity contribution in [3.05, 3.63) is 53.1 Å². The average Bonchev–Trinajstić information content (AvgIpc) is 2.54. The Morgan fingerprint density at radius 2 is 1.86 bits per heavy atom. The molecule has 1 atom stereocenters. The van der Waals surface area contributed by atoms with E-state index in [9.17, 15) is 5.11 Å². The number of benzene rings is 2. The fraction of sp³-hybridized carbons (Fsp3) is 0.333. The summed E-state index contributed by atoms with van der Waals surface area (Å²) in [4.78, 5) is 0. The molecule has 0 saturated heterocycles. The first-order chi connectivity index (χ1) is 10.6. The number of hydrogen-bond donors (Lipinski definition) is 2. The van der Waals surface area contributed by atoms with Crippen LogP contribution in [0.2, 0.25) is 0 Å². The van der Waals surface area contributed by atoms with Gasteiger partial charge in [0.1, 0.15) is 5.75 Å². The number of nitrogens with two attached hydrogens (primary N) is 1. The van der Waals surface area contributed by atoms with E-state index in [4.69, 9.17) is 15.2 Å². The third-order valence-electron chi connectivity index (χ3n) is 3.93. The zero-order valence-corrected chi connectivity index (χ0v) is 13.3. The molecule has 0 aliphatic rings. The Hall–Kier alpha value is -2.20. The van der Waals surface area contributed by atoms with Crippen molar-refractivity contribution in [2.45, 2.75) is 19.3 Å². The number of hydrogen-bond acceptors (Lipinski definition) is 4. The van der Waals surface area contributed by atoms with Gasteiger partial charge in [-0.05, 0) is 60.8 Å². The topological polar surface area (TPSA) is 64.7 Å². The predicted octanol–water partition coefficient (Wildman–Crippen LogP) is 3.00. The summed E-state index contributed by atoms with van der Waals surface area (Å²) in [7, 11) is 3.21. The number of rotatable bonds is 6. The Bertz CT molecular complexity index is 640. The fourth-order valence-corrected chi connectivity index (χ4v) is 2.69. The van der Waals surface area contributed by atoms with Crippen LogP contribution >= 0.6 is 0 Å². The Balaban J connectivity index is 2.25. The smallest absolute Gasteiger partial charge is 0.160 e. The molecular weight excluding hydrogens is 278 g/mol. The average molecular weight is 301 g/mol. The van der Waals surface area contributed by atoms with E-state index in [0.717, 1.165) is 17.7 Å². The van der Waals surface area contributed by atoms with Crippen LogP contribution in [0.4, 0.5) is 0 Å². The van der Waals surface area contributed by atoms with E-state index in [1.165, 1.54) is 11.1 Å². The standard InChI is InChI=1S/C18H23NO3/c1-12-8-15(21-2)5-6-16(12)14(11-19)9-13-4-7-17(20)18(10-13)22-3/h4-8,10,14,20H,9,11,19H2,1-3H3. The summed E-state index contributed by atoms with van der Waals surface area (Å²) >= 11 is 0. The van der Waals surface area contributed by atoms with Crippen molar-refractivity contribution >= 4 is 0 Å². The van der Waals surface area contributed by atoms with Gasteiger partial charge in [-0.25, -0.2) is 0 Å². The normalized spacial score (nSPS) is 12.0. The Morgan fingerprint density at radius 3 is 2.45 bits per heavy atom. The first kappa shape index (κ1) is 16.2. The molecule has 4 nitrogen and oxygen atoms in total. The van der Waals surface area contributed by atoms with Crippen LogP contribution in [0, 0.1) is 6.92 Å². The molecule has 0 fully saturated rings. The van der Waals surface area contributed by atoms with Crippen molar-refractivity contribution in [3.63, 3.8) is 0 Å². The minimum Gasteiger partial charge on any atom is -0.504 e. The van der Waals surface area contributed by atoms with E-state index < -0.39 is 0 Å². The summed E-state index contributed by atoms with van der Waals surface area (Å²) in [6, 6.07) is 11.5. The van der Waals surface area contributed by atoms with Gasteiger partial charge in [-0.2, -0.15) is 0 Å². The number of aryl methyl sites for hydroxylation is 1. The molecular formula is C18H23NO3. The van der Waals surface area contributed by atoms with Crippen LogP contribution in [0.5, 0.6) is 17.2 Å². The second-order valence-electron chi connectivity index (χ2n) is 5.37. The summed E-state index contributed by atoms with van der Waals surface area (Å²) in [6.45, 7) is 2.62. The van der Waals surface area contributed by atoms with Gasteiger partial charge < -0.3 is 20.3 Å². The maximum Gasteiger partial charge on any atom is 0.160 e. The van der Waals surface area contributed by atoms with Crippen molar-refractivity contribution < 1.29 is 14.6 Å². The van der Waals surface area contributed by atoms with E-state index in [1.807, 2.05) is 24.3 Å². The van der Waals surface area contributed by atoms with Gasteiger partial charge in [0.15, 0.2) is 11.5 Å². The predicted molar refractivity (Wildman–Crippen MR) is 87.9 cm³/mol. The minimum absolute atomic E-state index is 0.149. The van der Waals surface area contributed by atoms with Crippen LogP contribution in [0.15, 0.2) is 36.4 Å². The number of ether oxygens (including phenoxy) is 2. The molecule has 0 aliphatic carbocycles. The van der Waals surface area contributed by atoms with Crippen LogP contribution in [0.1, 0.15) is 22.6 Å². The van der Waals surface area contributed by atoms with E-state index in [-0.39, 0.29) is 11.7 Å². The molecule has 22 heavy (non-hydrogen) atoms. The van der Waals surface area contributed by atoms with Gasteiger partial charge >= 0.3 is 0 Å². The van der Waals surface area contributed by atoms with E-state index >= 15 is 0 Å². The summed E-state index contributed by atoms with van der Waals surface area (Å²) in [5.41, 5.74) is 9.45. The zero-order chi connectivity index (χ0) is 16.1. The van der Waals surface area contributed by atoms with Gasteiger partial charge in [0, 0.05) is 5.92 Å². The molecule has 0 heterocycles. The molecule has 3 N–H and O–H groups in total. The summed E-state index contributed by atoms with van der Waals surface area (Å²) in [5.74, 6) is 1.69. The Kier molecular flexibility index (Phi) is 5.28. The first-order valence-corrected chi connectivity index (χ1v) is 7.29. The van der Waals surface area contributed by atoms with Crippen molar-refractivity contribution in [3.8, 4) is 17.2 Å². The van der Waals surface area contributed by atoms with Crippen LogP contribution in [0.3, 0.4) is 0 Å². The Morgan fingerprint density at radius 1 is 1.09 bits per heavy atom. The molecule has 2 rings (SSSR count). The van der Waals surface area contributed by atoms with Crippen LogP contribution in [-0.4, -0.2) is 25.9 Å². The second kappa shape index (κ2) is 7.18. The molecule has 118 valence electrons. The van der Waals surface area contributed by atoms with E-state index in [2.05, 4.69) is 13.0 Å². The number of phenolic OH excluding ortho intramolecular Hbond substituents is 1. The minimum atomic E-state index is 0.149. The molecule has 4 heteroatoms. The molecule has 2 aromatic carbocycles. The first-order valence-electron chi connectivity index (χ1n) is 7.29. The van der Waals surface area contributed by atoms with Gasteiger partial charge in [0.2, 0.25) is 0 Å². The monoisotopic (exact) mass is 301 g/mol. The third-order valence-corrected chi connectivity index (χ3v) is 3.93. The molecule has 0 aliphatic heterocycles. The molecule has 0 amide bonds. The van der Waals surface area contributed by atoms with Crippen molar-refractivity contribution in [1.82, 2.24) is 0 Å². The number of aromatic hydroxyl groups is 1. The molecule has 2 aromatic rings. The molecule has 0 saturated carbocycles. The van der Waals surface area contributed by atoms with Gasteiger partial charge in [0.05, 0.1) is 14.2 Å². The van der Waals surface area contributed by atoms with Gasteiger partial charge in [-0.15, -0.1) is 0 Å². The quantitative estimate of drug-likeness (QED) is 0.861. The van der Waals surface area contributed by atoms with Crippen molar-refractivity contribution in [1.29, 1.82) is 0 Å². The lowest BCUT2D eigenvalue weighted by atomic mass is 9.89. The lowest BCUT2D eigenvalue weighted by molar-refractivity contribution is 0.373. The number of methoxy groups -OCH3 is 2. The SMILES string of the molecule is COc1ccc(C(CN)Cc2ccc(O)c(OC)c2)c(C)c1. The highest BCUT2D eigenvalue weighted by molar-refractivity contribution is 5.43. The van der Waals surface area contributed by atoms with Crippen LogP contribution < -0.4 is 15.2 Å². The number of phenols is 1. The van der Waals surface area contributed by atoms with E-state index in [0.29, 0.717) is 12.3 Å². The summed E-state index contributed by atoms with van der Waals surface area (Å²) in [5, 5.41) is 9.68. The maximum atomic E-state index is 9.68. The molecule has 0 aromatic heterocycles. The molecule has 0 bridgehead atoms. The Labute approximate surface area is 131 Å². The highest BCUT2D eigenvalue weighted by Gasteiger charge is 2.15. The maximum absolute atomic E-state index is 9.68. The van der Waals surface area contributed by atoms with Gasteiger partial charge in [0.25, 0.3) is 0 Å². The van der Waals surface area contributed by atoms with Crippen molar-refractivity contribution in [2.75, 3.05) is 20.8 Å². The molecule has 0 spiro atoms. The van der Waals surface area contributed by atoms with Crippen LogP contribution in [-0.2, 0) is 6.42 Å². The molecule has 0 radical (unpaired) electrons. The second-order valence-corrected chi connectivity index (χ2v) is 5.37. The lowest BCUT2D eigenvalue weighted by Crippen LogP contribution is -2.16. The summed E-state index contributed by atoms with van der Waals surface area (Å²) < 4.78 is 10.4. The third kappa shape index (κ3) is 3.52. The van der Waals surface area contributed by atoms with Gasteiger partial charge in [-0.1, -0.05) is 12.1 Å². The molecule has 1 unspecified atom stereocenters. The summed E-state index contributed by atoms with van der Waals surface area (Å²) in [6.07, 6.45) is 0.792. The highest BCUT2D eigenvalue weighted by atomic mass is 16.5. The highest BCUT2D eigenvalue weighted by Crippen LogP contribution is 2.30. The van der Waals surface area contributed by atoms with E-state index in [1.54, 1.807) is 20.3 Å². The van der Waals surface area contributed by atoms with Crippen LogP contribution in [0.25, 0.3) is 0 Å². The van der Waals surface area contributed by atoms with Gasteiger partial charge in [-0.3, -0.25) is 0 Å². The zero-order valence-electron chi connectivity index (χ0n) is 13.3. The fourth-order valence-electron chi connectivity index (χ4n) is 2.69. The lowest BCUT2D eigenvalue weighted by Gasteiger charge is -2.19. The largest absolute Gasteiger partial charge is 0.504 e.